The molecule has 2 bridgehead atoms. The number of hydrogen-bond acceptors (Lipinski definition) is 2. The second-order valence-corrected chi connectivity index (χ2v) is 5.41. The van der Waals surface area contributed by atoms with Gasteiger partial charge in [0.2, 0.25) is 0 Å². The molecule has 5 unspecified atom stereocenters. The van der Waals surface area contributed by atoms with Crippen molar-refractivity contribution in [2.24, 2.45) is 23.7 Å². The van der Waals surface area contributed by atoms with Crippen molar-refractivity contribution in [2.75, 3.05) is 6.61 Å². The molecule has 3 fully saturated rings. The summed E-state index contributed by atoms with van der Waals surface area (Å²) in [5, 5.41) is 9.13. The summed E-state index contributed by atoms with van der Waals surface area (Å²) in [5.74, 6) is 1.31. The van der Waals surface area contributed by atoms with E-state index in [0.717, 1.165) is 11.8 Å². The number of aliphatic carboxylic acids is 1. The maximum atomic E-state index is 11.1. The molecule has 2 aliphatic carbocycles. The van der Waals surface area contributed by atoms with Gasteiger partial charge in [-0.2, -0.15) is 0 Å². The third-order valence-corrected chi connectivity index (χ3v) is 4.67. The van der Waals surface area contributed by atoms with Crippen molar-refractivity contribution in [1.29, 1.82) is 0 Å². The van der Waals surface area contributed by atoms with Crippen LogP contribution in [0, 0.1) is 23.7 Å². The Bertz CT molecular complexity index is 276. The summed E-state index contributed by atoms with van der Waals surface area (Å²) in [4.78, 5) is 11.1. The molecule has 1 saturated heterocycles. The van der Waals surface area contributed by atoms with Gasteiger partial charge in [-0.05, 0) is 43.4 Å². The Kier molecular flexibility index (Phi) is 2.23. The molecule has 5 atom stereocenters. The molecule has 0 amide bonds. The van der Waals surface area contributed by atoms with Crippen LogP contribution in [0.5, 0.6) is 0 Å². The van der Waals surface area contributed by atoms with Gasteiger partial charge in [0.15, 0.2) is 0 Å². The first-order chi connectivity index (χ1) is 7.25. The second-order valence-electron chi connectivity index (χ2n) is 5.41. The maximum absolute atomic E-state index is 11.1. The molecule has 84 valence electrons. The number of fused-ring (bicyclic) bond motifs is 2. The number of hydrogen-bond donors (Lipinski definition) is 1. The minimum absolute atomic E-state index is 0.0257. The van der Waals surface area contributed by atoms with Crippen LogP contribution in [0.1, 0.15) is 32.1 Å². The number of carboxylic acids is 1. The molecular formula is C12H18O3. The first-order valence-electron chi connectivity index (χ1n) is 6.10. The molecule has 3 aliphatic rings. The standard InChI is InChI=1S/C12H18O3/c13-12(14)9-3-4-15-11(9)10-6-7-1-2-8(10)5-7/h7-11H,1-6H2,(H,13,14). The molecule has 3 heteroatoms. The number of ether oxygens (including phenoxy) is 1. The van der Waals surface area contributed by atoms with E-state index in [1.807, 2.05) is 0 Å². The predicted octanol–water partition coefficient (Wildman–Crippen LogP) is 1.91. The average molecular weight is 210 g/mol. The molecule has 2 saturated carbocycles. The van der Waals surface area contributed by atoms with Crippen molar-refractivity contribution in [1.82, 2.24) is 0 Å². The van der Waals surface area contributed by atoms with Gasteiger partial charge in [-0.15, -0.1) is 0 Å². The van der Waals surface area contributed by atoms with Crippen molar-refractivity contribution in [3.05, 3.63) is 0 Å². The summed E-state index contributed by atoms with van der Waals surface area (Å²) in [7, 11) is 0. The van der Waals surface area contributed by atoms with Gasteiger partial charge in [-0.3, -0.25) is 4.79 Å². The summed E-state index contributed by atoms with van der Waals surface area (Å²) in [6.07, 6.45) is 5.97. The van der Waals surface area contributed by atoms with Crippen molar-refractivity contribution in [3.63, 3.8) is 0 Å². The zero-order valence-corrected chi connectivity index (χ0v) is 8.89. The predicted molar refractivity (Wildman–Crippen MR) is 54.4 cm³/mol. The summed E-state index contributed by atoms with van der Waals surface area (Å²) in [6, 6.07) is 0. The Morgan fingerprint density at radius 2 is 2.07 bits per heavy atom. The maximum Gasteiger partial charge on any atom is 0.309 e. The molecule has 0 radical (unpaired) electrons. The fourth-order valence-corrected chi connectivity index (χ4v) is 3.99. The van der Waals surface area contributed by atoms with Crippen LogP contribution >= 0.6 is 0 Å². The van der Waals surface area contributed by atoms with Crippen molar-refractivity contribution in [2.45, 2.75) is 38.2 Å². The number of carboxylic acid groups (broad SMARTS) is 1. The molecule has 0 aromatic rings. The van der Waals surface area contributed by atoms with Crippen LogP contribution < -0.4 is 0 Å². The summed E-state index contributed by atoms with van der Waals surface area (Å²) in [6.45, 7) is 0.648. The van der Waals surface area contributed by atoms with E-state index in [4.69, 9.17) is 9.84 Å². The first-order valence-corrected chi connectivity index (χ1v) is 6.10. The first kappa shape index (κ1) is 9.64. The third-order valence-electron chi connectivity index (χ3n) is 4.67. The van der Waals surface area contributed by atoms with Gasteiger partial charge < -0.3 is 9.84 Å². The van der Waals surface area contributed by atoms with E-state index in [0.29, 0.717) is 18.9 Å². The van der Waals surface area contributed by atoms with Crippen LogP contribution in [0.2, 0.25) is 0 Å². The Labute approximate surface area is 89.8 Å². The van der Waals surface area contributed by atoms with Crippen LogP contribution in [0.4, 0.5) is 0 Å². The smallest absolute Gasteiger partial charge is 0.309 e. The van der Waals surface area contributed by atoms with E-state index in [1.165, 1.54) is 25.7 Å². The van der Waals surface area contributed by atoms with Gasteiger partial charge in [0.25, 0.3) is 0 Å². The Morgan fingerprint density at radius 1 is 1.20 bits per heavy atom. The largest absolute Gasteiger partial charge is 0.481 e. The average Bonchev–Trinajstić information content (AvgIpc) is 2.92. The van der Waals surface area contributed by atoms with Crippen molar-refractivity contribution < 1.29 is 14.6 Å². The second kappa shape index (κ2) is 3.48. The number of rotatable bonds is 2. The molecule has 1 N–H and O–H groups in total. The molecule has 1 heterocycles. The zero-order valence-electron chi connectivity index (χ0n) is 8.89. The molecule has 3 nitrogen and oxygen atoms in total. The number of carbonyl (C=O) groups is 1. The van der Waals surface area contributed by atoms with Crippen molar-refractivity contribution in [3.8, 4) is 0 Å². The lowest BCUT2D eigenvalue weighted by Gasteiger charge is -2.29. The van der Waals surface area contributed by atoms with Crippen LogP contribution in [0.25, 0.3) is 0 Å². The lowest BCUT2D eigenvalue weighted by atomic mass is 9.80. The van der Waals surface area contributed by atoms with Crippen molar-refractivity contribution >= 4 is 5.97 Å². The van der Waals surface area contributed by atoms with E-state index >= 15 is 0 Å². The summed E-state index contributed by atoms with van der Waals surface area (Å²) in [5.41, 5.74) is 0. The van der Waals surface area contributed by atoms with Crippen LogP contribution in [-0.2, 0) is 9.53 Å². The zero-order chi connectivity index (χ0) is 10.4. The van der Waals surface area contributed by atoms with Crippen LogP contribution in [-0.4, -0.2) is 23.8 Å². The molecule has 1 aliphatic heterocycles. The molecule has 0 spiro atoms. The quantitative estimate of drug-likeness (QED) is 0.757. The SMILES string of the molecule is O=C(O)C1CCOC1C1CC2CCC1C2. The topological polar surface area (TPSA) is 46.5 Å². The highest BCUT2D eigenvalue weighted by molar-refractivity contribution is 5.71. The Morgan fingerprint density at radius 3 is 2.67 bits per heavy atom. The molecule has 15 heavy (non-hydrogen) atoms. The summed E-state index contributed by atoms with van der Waals surface area (Å²) >= 11 is 0. The highest BCUT2D eigenvalue weighted by Crippen LogP contribution is 2.52. The highest BCUT2D eigenvalue weighted by atomic mass is 16.5. The molecular weight excluding hydrogens is 192 g/mol. The van der Waals surface area contributed by atoms with Crippen LogP contribution in [0.3, 0.4) is 0 Å². The Hall–Kier alpha value is -0.570. The van der Waals surface area contributed by atoms with Gasteiger partial charge in [-0.1, -0.05) is 6.42 Å². The van der Waals surface area contributed by atoms with Gasteiger partial charge >= 0.3 is 5.97 Å². The van der Waals surface area contributed by atoms with E-state index in [9.17, 15) is 4.79 Å². The highest BCUT2D eigenvalue weighted by Gasteiger charge is 2.48. The van der Waals surface area contributed by atoms with Gasteiger partial charge in [0, 0.05) is 6.61 Å². The van der Waals surface area contributed by atoms with E-state index < -0.39 is 5.97 Å². The fraction of sp³-hybridized carbons (Fsp3) is 0.917. The lowest BCUT2D eigenvalue weighted by molar-refractivity contribution is -0.145. The lowest BCUT2D eigenvalue weighted by Crippen LogP contribution is -2.34. The summed E-state index contributed by atoms with van der Waals surface area (Å²) < 4.78 is 5.68. The normalized spacial score (nSPS) is 48.7. The minimum atomic E-state index is -0.653. The van der Waals surface area contributed by atoms with Gasteiger partial charge in [-0.25, -0.2) is 0 Å². The molecule has 0 aromatic heterocycles. The monoisotopic (exact) mass is 210 g/mol. The molecule has 3 rings (SSSR count). The van der Waals surface area contributed by atoms with Gasteiger partial charge in [0.1, 0.15) is 0 Å². The third kappa shape index (κ3) is 1.48. The van der Waals surface area contributed by atoms with Crippen LogP contribution in [0.15, 0.2) is 0 Å². The van der Waals surface area contributed by atoms with E-state index in [-0.39, 0.29) is 12.0 Å². The van der Waals surface area contributed by atoms with E-state index in [2.05, 4.69) is 0 Å². The van der Waals surface area contributed by atoms with E-state index in [1.54, 1.807) is 0 Å². The van der Waals surface area contributed by atoms with Gasteiger partial charge in [0.05, 0.1) is 12.0 Å². The Balaban J connectivity index is 1.74. The minimum Gasteiger partial charge on any atom is -0.481 e. The molecule has 0 aromatic carbocycles. The fourth-order valence-electron chi connectivity index (χ4n) is 3.99.